The summed E-state index contributed by atoms with van der Waals surface area (Å²) in [6.07, 6.45) is 4.37. The van der Waals surface area contributed by atoms with Gasteiger partial charge in [0.25, 0.3) is 5.91 Å². The number of piperidine rings is 1. The van der Waals surface area contributed by atoms with Crippen LogP contribution in [0.3, 0.4) is 0 Å². The van der Waals surface area contributed by atoms with E-state index in [2.05, 4.69) is 26.2 Å². The van der Waals surface area contributed by atoms with E-state index in [0.29, 0.717) is 24.5 Å². The highest BCUT2D eigenvalue weighted by atomic mass is 79.9. The zero-order valence-electron chi connectivity index (χ0n) is 14.4. The van der Waals surface area contributed by atoms with Gasteiger partial charge in [0.15, 0.2) is 0 Å². The highest BCUT2D eigenvalue weighted by molar-refractivity contribution is 9.10. The highest BCUT2D eigenvalue weighted by Gasteiger charge is 2.28. The number of aryl methyl sites for hydroxylation is 1. The van der Waals surface area contributed by atoms with Gasteiger partial charge in [-0.3, -0.25) is 4.79 Å². The van der Waals surface area contributed by atoms with E-state index in [1.165, 1.54) is 10.4 Å². The predicted octanol–water partition coefficient (Wildman–Crippen LogP) is 3.58. The Hall–Kier alpha value is -1.77. The van der Waals surface area contributed by atoms with E-state index < -0.39 is 15.9 Å². The summed E-state index contributed by atoms with van der Waals surface area (Å²) < 4.78 is 28.2. The zero-order valence-corrected chi connectivity index (χ0v) is 16.8. The number of rotatable bonds is 4. The minimum absolute atomic E-state index is 0.191. The normalized spacial score (nSPS) is 15.6. The van der Waals surface area contributed by atoms with Crippen LogP contribution in [0, 0.1) is 6.92 Å². The fraction of sp³-hybridized carbons (Fsp3) is 0.333. The first kappa shape index (κ1) is 19.0. The number of halogens is 1. The molecule has 1 fully saturated rings. The van der Waals surface area contributed by atoms with Gasteiger partial charge in [-0.15, -0.1) is 0 Å². The Balaban J connectivity index is 1.87. The van der Waals surface area contributed by atoms with Gasteiger partial charge in [-0.25, -0.2) is 13.4 Å². The molecule has 1 amide bonds. The van der Waals surface area contributed by atoms with Crippen molar-refractivity contribution < 1.29 is 13.2 Å². The number of pyridine rings is 1. The number of amides is 1. The van der Waals surface area contributed by atoms with Gasteiger partial charge in [-0.05, 0) is 65.5 Å². The van der Waals surface area contributed by atoms with Crippen molar-refractivity contribution in [1.82, 2.24) is 9.29 Å². The van der Waals surface area contributed by atoms with Crippen LogP contribution in [-0.2, 0) is 10.0 Å². The van der Waals surface area contributed by atoms with E-state index in [-0.39, 0.29) is 10.5 Å². The summed E-state index contributed by atoms with van der Waals surface area (Å²) in [7, 11) is -3.60. The van der Waals surface area contributed by atoms with Crippen molar-refractivity contribution in [3.05, 3.63) is 52.1 Å². The summed E-state index contributed by atoms with van der Waals surface area (Å²) in [6, 6.07) is 8.18. The van der Waals surface area contributed by atoms with Gasteiger partial charge in [0.1, 0.15) is 5.82 Å². The Labute approximate surface area is 161 Å². The smallest absolute Gasteiger partial charge is 0.256 e. The molecule has 0 spiro atoms. The van der Waals surface area contributed by atoms with Crippen LogP contribution in [0.15, 0.2) is 45.9 Å². The van der Waals surface area contributed by atoms with Crippen LogP contribution in [0.4, 0.5) is 5.82 Å². The second-order valence-corrected chi connectivity index (χ2v) is 9.08. The Bertz CT molecular complexity index is 908. The maximum atomic E-state index is 13.0. The van der Waals surface area contributed by atoms with E-state index in [9.17, 15) is 13.2 Å². The third-order valence-electron chi connectivity index (χ3n) is 4.35. The average molecular weight is 438 g/mol. The van der Waals surface area contributed by atoms with E-state index in [4.69, 9.17) is 0 Å². The Morgan fingerprint density at radius 2 is 1.88 bits per heavy atom. The number of sulfonamides is 1. The molecule has 1 aromatic carbocycles. The lowest BCUT2D eigenvalue weighted by molar-refractivity contribution is 0.102. The van der Waals surface area contributed by atoms with Crippen LogP contribution in [0.2, 0.25) is 0 Å². The number of benzene rings is 1. The molecule has 138 valence electrons. The molecule has 0 unspecified atom stereocenters. The third-order valence-corrected chi connectivity index (χ3v) is 6.86. The first-order valence-electron chi connectivity index (χ1n) is 8.41. The molecule has 6 nitrogen and oxygen atoms in total. The van der Waals surface area contributed by atoms with Gasteiger partial charge in [0, 0.05) is 29.3 Å². The number of carbonyl (C=O) groups is 1. The quantitative estimate of drug-likeness (QED) is 0.792. The minimum atomic E-state index is -3.60. The summed E-state index contributed by atoms with van der Waals surface area (Å²) in [5, 5.41) is 2.68. The molecular formula is C18H20BrN3O3S. The van der Waals surface area contributed by atoms with Crippen LogP contribution in [0.5, 0.6) is 0 Å². The fourth-order valence-corrected chi connectivity index (χ4v) is 4.90. The minimum Gasteiger partial charge on any atom is -0.307 e. The number of hydrogen-bond donors (Lipinski definition) is 1. The number of nitrogens with zero attached hydrogens (tertiary/aromatic N) is 2. The van der Waals surface area contributed by atoms with Crippen LogP contribution in [0.1, 0.15) is 35.2 Å². The summed E-state index contributed by atoms with van der Waals surface area (Å²) >= 11 is 3.29. The summed E-state index contributed by atoms with van der Waals surface area (Å²) in [6.45, 7) is 2.80. The monoisotopic (exact) mass is 437 g/mol. The fourth-order valence-electron chi connectivity index (χ4n) is 2.90. The Morgan fingerprint density at radius 3 is 2.54 bits per heavy atom. The van der Waals surface area contributed by atoms with Crippen LogP contribution in [-0.4, -0.2) is 36.7 Å². The maximum absolute atomic E-state index is 13.0. The molecule has 2 heterocycles. The van der Waals surface area contributed by atoms with E-state index in [0.717, 1.165) is 23.7 Å². The van der Waals surface area contributed by atoms with E-state index >= 15 is 0 Å². The number of aromatic nitrogens is 1. The van der Waals surface area contributed by atoms with Crippen molar-refractivity contribution in [3.8, 4) is 0 Å². The maximum Gasteiger partial charge on any atom is 0.256 e. The Morgan fingerprint density at radius 1 is 1.15 bits per heavy atom. The second-order valence-electron chi connectivity index (χ2n) is 6.26. The number of hydrogen-bond acceptors (Lipinski definition) is 4. The van der Waals surface area contributed by atoms with Gasteiger partial charge >= 0.3 is 0 Å². The Kier molecular flexibility index (Phi) is 5.74. The zero-order chi connectivity index (χ0) is 18.7. The average Bonchev–Trinajstić information content (AvgIpc) is 2.64. The van der Waals surface area contributed by atoms with Crippen molar-refractivity contribution in [1.29, 1.82) is 0 Å². The SMILES string of the molecule is Cc1ccc(C(=O)Nc2ccc(Br)cn2)cc1S(=O)(=O)N1CCCCC1. The molecule has 1 saturated heterocycles. The standard InChI is InChI=1S/C18H20BrN3O3S/c1-13-5-6-14(18(23)21-17-8-7-15(19)12-20-17)11-16(13)26(24,25)22-9-3-2-4-10-22/h5-8,11-12H,2-4,9-10H2,1H3,(H,20,21,23). The van der Waals surface area contributed by atoms with Crippen molar-refractivity contribution in [2.45, 2.75) is 31.1 Å². The van der Waals surface area contributed by atoms with Crippen molar-refractivity contribution >= 4 is 37.7 Å². The van der Waals surface area contributed by atoms with Crippen molar-refractivity contribution in [2.24, 2.45) is 0 Å². The van der Waals surface area contributed by atoms with Gasteiger partial charge in [-0.1, -0.05) is 12.5 Å². The van der Waals surface area contributed by atoms with Gasteiger partial charge in [0.2, 0.25) is 10.0 Å². The molecule has 2 aromatic rings. The van der Waals surface area contributed by atoms with Gasteiger partial charge in [0.05, 0.1) is 4.90 Å². The van der Waals surface area contributed by atoms with Gasteiger partial charge < -0.3 is 5.32 Å². The summed E-state index contributed by atoms with van der Waals surface area (Å²) in [5.41, 5.74) is 0.921. The molecular weight excluding hydrogens is 418 g/mol. The largest absolute Gasteiger partial charge is 0.307 e. The van der Waals surface area contributed by atoms with E-state index in [1.807, 2.05) is 0 Å². The molecule has 1 N–H and O–H groups in total. The molecule has 0 bridgehead atoms. The molecule has 3 rings (SSSR count). The first-order chi connectivity index (χ1) is 12.4. The number of nitrogens with one attached hydrogen (secondary N) is 1. The molecule has 26 heavy (non-hydrogen) atoms. The molecule has 1 aliphatic rings. The summed E-state index contributed by atoms with van der Waals surface area (Å²) in [4.78, 5) is 16.8. The van der Waals surface area contributed by atoms with Crippen LogP contribution < -0.4 is 5.32 Å². The summed E-state index contributed by atoms with van der Waals surface area (Å²) in [5.74, 6) is 0.00845. The lowest BCUT2D eigenvalue weighted by atomic mass is 10.1. The van der Waals surface area contributed by atoms with E-state index in [1.54, 1.807) is 37.4 Å². The molecule has 0 aliphatic carbocycles. The van der Waals surface area contributed by atoms with Crippen molar-refractivity contribution in [2.75, 3.05) is 18.4 Å². The number of anilines is 1. The molecule has 0 atom stereocenters. The first-order valence-corrected chi connectivity index (χ1v) is 10.6. The predicted molar refractivity (Wildman–Crippen MR) is 104 cm³/mol. The lowest BCUT2D eigenvalue weighted by Crippen LogP contribution is -2.36. The molecule has 1 aromatic heterocycles. The van der Waals surface area contributed by atoms with Crippen LogP contribution >= 0.6 is 15.9 Å². The molecule has 0 radical (unpaired) electrons. The van der Waals surface area contributed by atoms with Crippen molar-refractivity contribution in [3.63, 3.8) is 0 Å². The third kappa shape index (κ3) is 4.13. The molecule has 0 saturated carbocycles. The van der Waals surface area contributed by atoms with Crippen LogP contribution in [0.25, 0.3) is 0 Å². The molecule has 1 aliphatic heterocycles. The highest BCUT2D eigenvalue weighted by Crippen LogP contribution is 2.24. The molecule has 8 heteroatoms. The van der Waals surface area contributed by atoms with Gasteiger partial charge in [-0.2, -0.15) is 4.31 Å². The topological polar surface area (TPSA) is 79.4 Å². The lowest BCUT2D eigenvalue weighted by Gasteiger charge is -2.26. The second kappa shape index (κ2) is 7.85. The number of carbonyl (C=O) groups excluding carboxylic acids is 1.